The summed E-state index contributed by atoms with van der Waals surface area (Å²) in [6.07, 6.45) is 5.59. The van der Waals surface area contributed by atoms with Crippen LogP contribution in [0.4, 0.5) is 5.69 Å². The molecule has 0 spiro atoms. The van der Waals surface area contributed by atoms with E-state index < -0.39 is 0 Å². The van der Waals surface area contributed by atoms with Crippen LogP contribution in [0, 0.1) is 0 Å². The summed E-state index contributed by atoms with van der Waals surface area (Å²) in [6, 6.07) is 24.4. The Labute approximate surface area is 200 Å². The molecule has 33 heavy (non-hydrogen) atoms. The lowest BCUT2D eigenvalue weighted by atomic mass is 10.1. The molecule has 4 nitrogen and oxygen atoms in total. The van der Waals surface area contributed by atoms with Crippen molar-refractivity contribution in [2.45, 2.75) is 25.4 Å². The molecule has 1 aliphatic heterocycles. The summed E-state index contributed by atoms with van der Waals surface area (Å²) in [5.74, 6) is -0.155. The van der Waals surface area contributed by atoms with E-state index in [9.17, 15) is 4.79 Å². The smallest absolute Gasteiger partial charge is 0.248 e. The minimum absolute atomic E-state index is 0.155. The summed E-state index contributed by atoms with van der Waals surface area (Å²) < 4.78 is 5.46. The highest BCUT2D eigenvalue weighted by atomic mass is 35.5. The predicted octanol–water partition coefficient (Wildman–Crippen LogP) is 6.27. The van der Waals surface area contributed by atoms with Crippen molar-refractivity contribution in [1.29, 1.82) is 0 Å². The van der Waals surface area contributed by atoms with E-state index in [1.165, 1.54) is 5.56 Å². The molecule has 1 heterocycles. The van der Waals surface area contributed by atoms with Gasteiger partial charge in [-0.3, -0.25) is 9.69 Å². The van der Waals surface area contributed by atoms with Crippen molar-refractivity contribution in [3.63, 3.8) is 0 Å². The van der Waals surface area contributed by atoms with Crippen molar-refractivity contribution < 1.29 is 9.53 Å². The van der Waals surface area contributed by atoms with Crippen molar-refractivity contribution in [2.75, 3.05) is 25.6 Å². The van der Waals surface area contributed by atoms with Gasteiger partial charge in [0, 0.05) is 42.6 Å². The van der Waals surface area contributed by atoms with E-state index in [2.05, 4.69) is 41.5 Å². The number of halogens is 1. The molecule has 1 N–H and O–H groups in total. The molecular formula is C28H29ClN2O2. The monoisotopic (exact) mass is 460 g/mol. The zero-order chi connectivity index (χ0) is 23.0. The fourth-order valence-corrected chi connectivity index (χ4v) is 4.15. The number of nitrogens with one attached hydrogen (secondary N) is 1. The molecule has 0 aliphatic carbocycles. The Hall–Kier alpha value is -2.92. The number of carbonyl (C=O) groups excluding carboxylic acids is 1. The number of nitrogens with zero attached hydrogens (tertiary/aromatic N) is 1. The van der Waals surface area contributed by atoms with Gasteiger partial charge >= 0.3 is 0 Å². The van der Waals surface area contributed by atoms with Gasteiger partial charge < -0.3 is 10.1 Å². The zero-order valence-electron chi connectivity index (χ0n) is 18.8. The molecule has 0 bridgehead atoms. The predicted molar refractivity (Wildman–Crippen MR) is 136 cm³/mol. The number of hydrogen-bond acceptors (Lipinski definition) is 3. The molecule has 0 atom stereocenters. The number of amides is 1. The van der Waals surface area contributed by atoms with Gasteiger partial charge in [-0.05, 0) is 72.5 Å². The van der Waals surface area contributed by atoms with Gasteiger partial charge in [0.05, 0.1) is 0 Å². The number of hydrogen-bond donors (Lipinski definition) is 1. The number of anilines is 1. The second kappa shape index (κ2) is 11.3. The van der Waals surface area contributed by atoms with Crippen LogP contribution in [0.25, 0.3) is 17.2 Å². The number of benzene rings is 3. The lowest BCUT2D eigenvalue weighted by molar-refractivity contribution is -0.111. The van der Waals surface area contributed by atoms with Gasteiger partial charge in [-0.2, -0.15) is 0 Å². The van der Waals surface area contributed by atoms with Gasteiger partial charge in [-0.25, -0.2) is 0 Å². The molecule has 3 aromatic carbocycles. The highest BCUT2D eigenvalue weighted by Crippen LogP contribution is 2.23. The van der Waals surface area contributed by atoms with Crippen LogP contribution in [0.5, 0.6) is 0 Å². The maximum atomic E-state index is 12.3. The summed E-state index contributed by atoms with van der Waals surface area (Å²) in [5, 5.41) is 3.62. The van der Waals surface area contributed by atoms with Crippen molar-refractivity contribution in [2.24, 2.45) is 0 Å². The van der Waals surface area contributed by atoms with Crippen molar-refractivity contribution in [3.05, 3.63) is 95.0 Å². The van der Waals surface area contributed by atoms with Gasteiger partial charge in [-0.15, -0.1) is 0 Å². The SMILES string of the molecule is CN(Cc1ccc(C=CC(=O)Nc2ccc(-c3ccc(Cl)cc3)cc2)cc1)C1CCOCC1. The summed E-state index contributed by atoms with van der Waals surface area (Å²) in [5.41, 5.74) is 5.18. The normalized spacial score (nSPS) is 14.6. The minimum Gasteiger partial charge on any atom is -0.381 e. The van der Waals surface area contributed by atoms with Crippen LogP contribution in [0.3, 0.4) is 0 Å². The van der Waals surface area contributed by atoms with E-state index in [1.807, 2.05) is 54.6 Å². The molecule has 4 rings (SSSR count). The maximum Gasteiger partial charge on any atom is 0.248 e. The molecule has 5 heteroatoms. The average molecular weight is 461 g/mol. The van der Waals surface area contributed by atoms with Crippen LogP contribution in [0.1, 0.15) is 24.0 Å². The molecule has 3 aromatic rings. The third-order valence-electron chi connectivity index (χ3n) is 5.98. The average Bonchev–Trinajstić information content (AvgIpc) is 2.85. The molecule has 0 radical (unpaired) electrons. The molecule has 1 saturated heterocycles. The van der Waals surface area contributed by atoms with Gasteiger partial charge in [0.2, 0.25) is 5.91 Å². The third kappa shape index (κ3) is 6.78. The molecular weight excluding hydrogens is 432 g/mol. The van der Waals surface area contributed by atoms with E-state index in [0.29, 0.717) is 11.1 Å². The molecule has 1 fully saturated rings. The van der Waals surface area contributed by atoms with Crippen LogP contribution in [-0.4, -0.2) is 37.1 Å². The fourth-order valence-electron chi connectivity index (χ4n) is 4.02. The highest BCUT2D eigenvalue weighted by molar-refractivity contribution is 6.30. The second-order valence-corrected chi connectivity index (χ2v) is 8.84. The molecule has 0 unspecified atom stereocenters. The largest absolute Gasteiger partial charge is 0.381 e. The van der Waals surface area contributed by atoms with Gasteiger partial charge in [0.1, 0.15) is 0 Å². The first-order valence-corrected chi connectivity index (χ1v) is 11.7. The van der Waals surface area contributed by atoms with E-state index in [1.54, 1.807) is 6.08 Å². The summed E-state index contributed by atoms with van der Waals surface area (Å²) in [4.78, 5) is 14.7. The van der Waals surface area contributed by atoms with Crippen LogP contribution in [0.2, 0.25) is 5.02 Å². The Bertz CT molecular complexity index is 1070. The van der Waals surface area contributed by atoms with E-state index >= 15 is 0 Å². The molecule has 0 saturated carbocycles. The first-order valence-electron chi connectivity index (χ1n) is 11.3. The summed E-state index contributed by atoms with van der Waals surface area (Å²) >= 11 is 5.95. The van der Waals surface area contributed by atoms with Gasteiger partial charge in [-0.1, -0.05) is 60.1 Å². The van der Waals surface area contributed by atoms with Crippen molar-refractivity contribution in [1.82, 2.24) is 4.90 Å². The quantitative estimate of drug-likeness (QED) is 0.422. The first-order chi connectivity index (χ1) is 16.1. The number of ether oxygens (including phenoxy) is 1. The fraction of sp³-hybridized carbons (Fsp3) is 0.250. The van der Waals surface area contributed by atoms with Crippen LogP contribution in [-0.2, 0) is 16.1 Å². The lowest BCUT2D eigenvalue weighted by Crippen LogP contribution is -2.36. The third-order valence-corrected chi connectivity index (χ3v) is 6.23. The van der Waals surface area contributed by atoms with Crippen molar-refractivity contribution >= 4 is 29.3 Å². The summed E-state index contributed by atoms with van der Waals surface area (Å²) in [7, 11) is 2.18. The molecule has 0 aromatic heterocycles. The minimum atomic E-state index is -0.155. The zero-order valence-corrected chi connectivity index (χ0v) is 19.6. The Morgan fingerprint density at radius 3 is 2.21 bits per heavy atom. The highest BCUT2D eigenvalue weighted by Gasteiger charge is 2.18. The van der Waals surface area contributed by atoms with Crippen molar-refractivity contribution in [3.8, 4) is 11.1 Å². The Morgan fingerprint density at radius 1 is 0.970 bits per heavy atom. The van der Waals surface area contributed by atoms with Crippen LogP contribution >= 0.6 is 11.6 Å². The molecule has 1 aliphatic rings. The number of rotatable bonds is 7. The maximum absolute atomic E-state index is 12.3. The van der Waals surface area contributed by atoms with E-state index in [4.69, 9.17) is 16.3 Å². The first kappa shape index (κ1) is 23.2. The standard InChI is InChI=1S/C28H29ClN2O2/c1-31(27-16-18-33-19-17-27)20-22-4-2-21(3-5-22)6-15-28(32)30-26-13-9-24(10-14-26)23-7-11-25(29)12-8-23/h2-15,27H,16-20H2,1H3,(H,30,32). The second-order valence-electron chi connectivity index (χ2n) is 8.41. The number of carbonyl (C=O) groups is 1. The Morgan fingerprint density at radius 2 is 1.58 bits per heavy atom. The Kier molecular flexibility index (Phi) is 7.95. The lowest BCUT2D eigenvalue weighted by Gasteiger charge is -2.31. The Balaban J connectivity index is 1.28. The topological polar surface area (TPSA) is 41.6 Å². The summed E-state index contributed by atoms with van der Waals surface area (Å²) in [6.45, 7) is 2.63. The van der Waals surface area contributed by atoms with Crippen LogP contribution < -0.4 is 5.32 Å². The molecule has 170 valence electrons. The van der Waals surface area contributed by atoms with Crippen LogP contribution in [0.15, 0.2) is 78.9 Å². The van der Waals surface area contributed by atoms with Gasteiger partial charge in [0.15, 0.2) is 0 Å². The van der Waals surface area contributed by atoms with E-state index in [0.717, 1.165) is 55.0 Å². The van der Waals surface area contributed by atoms with E-state index in [-0.39, 0.29) is 5.91 Å². The molecule has 1 amide bonds. The van der Waals surface area contributed by atoms with Gasteiger partial charge in [0.25, 0.3) is 0 Å².